The number of fused-ring (bicyclic) bond motifs is 1. The largest absolute Gasteiger partial charge is 0.379 e. The van der Waals surface area contributed by atoms with Crippen LogP contribution in [0.25, 0.3) is 0 Å². The van der Waals surface area contributed by atoms with Gasteiger partial charge in [-0.1, -0.05) is 25.0 Å². The Labute approximate surface area is 150 Å². The second-order valence-corrected chi connectivity index (χ2v) is 7.77. The maximum absolute atomic E-state index is 13.1. The third kappa shape index (κ3) is 3.59. The van der Waals surface area contributed by atoms with Crippen LogP contribution in [0.15, 0.2) is 24.3 Å². The molecule has 1 aromatic rings. The van der Waals surface area contributed by atoms with Crippen molar-refractivity contribution in [1.82, 2.24) is 10.2 Å². The number of hydrogen-bond acceptors (Lipinski definition) is 4. The number of carbonyl (C=O) groups is 1. The van der Waals surface area contributed by atoms with Gasteiger partial charge in [0.15, 0.2) is 0 Å². The molecule has 4 rings (SSSR count). The molecular formula is C20H29N3O2. The monoisotopic (exact) mass is 343 g/mol. The fraction of sp³-hybridized carbons (Fsp3) is 0.650. The molecule has 5 nitrogen and oxygen atoms in total. The molecule has 0 radical (unpaired) electrons. The van der Waals surface area contributed by atoms with Crippen molar-refractivity contribution in [3.05, 3.63) is 29.8 Å². The number of nitrogens with zero attached hydrogens (tertiary/aromatic N) is 1. The van der Waals surface area contributed by atoms with Gasteiger partial charge in [0.2, 0.25) is 5.91 Å². The average Bonchev–Trinajstić information content (AvgIpc) is 3.08. The molecule has 3 aliphatic rings. The summed E-state index contributed by atoms with van der Waals surface area (Å²) in [5, 5.41) is 6.69. The minimum atomic E-state index is -0.196. The van der Waals surface area contributed by atoms with Crippen LogP contribution in [0.3, 0.4) is 0 Å². The molecule has 1 saturated carbocycles. The zero-order valence-electron chi connectivity index (χ0n) is 14.9. The van der Waals surface area contributed by atoms with Gasteiger partial charge in [0.1, 0.15) is 0 Å². The van der Waals surface area contributed by atoms with Gasteiger partial charge in [0.05, 0.1) is 18.6 Å². The van der Waals surface area contributed by atoms with E-state index in [4.69, 9.17) is 4.74 Å². The summed E-state index contributed by atoms with van der Waals surface area (Å²) >= 11 is 0. The molecule has 136 valence electrons. The van der Waals surface area contributed by atoms with E-state index in [1.165, 1.54) is 24.8 Å². The van der Waals surface area contributed by atoms with Gasteiger partial charge < -0.3 is 15.4 Å². The fourth-order valence-corrected chi connectivity index (χ4v) is 4.71. The molecule has 2 heterocycles. The predicted octanol–water partition coefficient (Wildman–Crippen LogP) is 2.24. The van der Waals surface area contributed by atoms with Crippen molar-refractivity contribution in [2.24, 2.45) is 11.3 Å². The number of nitrogens with one attached hydrogen (secondary N) is 2. The summed E-state index contributed by atoms with van der Waals surface area (Å²) < 4.78 is 5.42. The minimum absolute atomic E-state index is 0.196. The third-order valence-corrected chi connectivity index (χ3v) is 6.19. The van der Waals surface area contributed by atoms with Crippen molar-refractivity contribution in [3.63, 3.8) is 0 Å². The summed E-state index contributed by atoms with van der Waals surface area (Å²) in [4.78, 5) is 15.5. The minimum Gasteiger partial charge on any atom is -0.379 e. The molecule has 5 heteroatoms. The molecular weight excluding hydrogens is 314 g/mol. The fourth-order valence-electron chi connectivity index (χ4n) is 4.71. The molecule has 2 atom stereocenters. The Hall–Kier alpha value is -1.43. The highest BCUT2D eigenvalue weighted by atomic mass is 16.5. The number of carbonyl (C=O) groups excluding carboxylic acids is 1. The smallest absolute Gasteiger partial charge is 0.232 e. The zero-order valence-corrected chi connectivity index (χ0v) is 14.9. The Balaban J connectivity index is 1.43. The van der Waals surface area contributed by atoms with Gasteiger partial charge in [-0.15, -0.1) is 0 Å². The quantitative estimate of drug-likeness (QED) is 0.880. The van der Waals surface area contributed by atoms with Crippen molar-refractivity contribution in [2.45, 2.75) is 32.2 Å². The summed E-state index contributed by atoms with van der Waals surface area (Å²) in [7, 11) is 0. The van der Waals surface area contributed by atoms with Crippen LogP contribution in [-0.4, -0.2) is 50.2 Å². The van der Waals surface area contributed by atoms with Gasteiger partial charge in [-0.25, -0.2) is 0 Å². The Bertz CT molecular complexity index is 615. The number of hydrogen-bond donors (Lipinski definition) is 2. The molecule has 1 amide bonds. The zero-order chi connectivity index (χ0) is 17.1. The molecule has 0 bridgehead atoms. The number of amides is 1. The van der Waals surface area contributed by atoms with Gasteiger partial charge in [-0.2, -0.15) is 0 Å². The van der Waals surface area contributed by atoms with E-state index in [9.17, 15) is 4.79 Å². The summed E-state index contributed by atoms with van der Waals surface area (Å²) in [5.74, 6) is 0.712. The maximum atomic E-state index is 13.1. The highest BCUT2D eigenvalue weighted by Crippen LogP contribution is 2.44. The first-order valence-electron chi connectivity index (χ1n) is 9.67. The second-order valence-electron chi connectivity index (χ2n) is 7.77. The molecule has 25 heavy (non-hydrogen) atoms. The first-order valence-corrected chi connectivity index (χ1v) is 9.67. The Morgan fingerprint density at radius 1 is 1.32 bits per heavy atom. The summed E-state index contributed by atoms with van der Waals surface area (Å²) in [6.45, 7) is 6.32. The number of ether oxygens (including phenoxy) is 1. The number of morpholine rings is 1. The van der Waals surface area contributed by atoms with E-state index in [-0.39, 0.29) is 11.3 Å². The van der Waals surface area contributed by atoms with Crippen LogP contribution in [0.2, 0.25) is 0 Å². The lowest BCUT2D eigenvalue weighted by Crippen LogP contribution is -2.44. The van der Waals surface area contributed by atoms with Crippen LogP contribution in [0.4, 0.5) is 5.69 Å². The summed E-state index contributed by atoms with van der Waals surface area (Å²) in [6.07, 6.45) is 4.63. The van der Waals surface area contributed by atoms with Crippen LogP contribution in [0, 0.1) is 11.3 Å². The van der Waals surface area contributed by atoms with Gasteiger partial charge in [0, 0.05) is 31.9 Å². The molecule has 3 fully saturated rings. The Kier molecular flexibility index (Phi) is 5.06. The molecule has 1 aromatic carbocycles. The maximum Gasteiger partial charge on any atom is 0.232 e. The van der Waals surface area contributed by atoms with Gasteiger partial charge in [-0.3, -0.25) is 9.69 Å². The molecule has 1 aliphatic carbocycles. The first-order chi connectivity index (χ1) is 12.3. The van der Waals surface area contributed by atoms with E-state index < -0.39 is 0 Å². The second kappa shape index (κ2) is 7.44. The predicted molar refractivity (Wildman–Crippen MR) is 98.4 cm³/mol. The molecule has 0 spiro atoms. The normalized spacial score (nSPS) is 30.0. The standard InChI is InChI=1S/C20H29N3O2/c24-19(20-7-2-1-5-17(20)13-21-15-20)22-18-6-3-4-16(12-18)14-23-8-10-25-11-9-23/h3-4,6,12,17,21H,1-2,5,7-11,13-15H2,(H,22,24)/t17-,20+/m0/s1. The Morgan fingerprint density at radius 2 is 2.20 bits per heavy atom. The van der Waals surface area contributed by atoms with Crippen LogP contribution in [0.1, 0.15) is 31.2 Å². The average molecular weight is 343 g/mol. The van der Waals surface area contributed by atoms with Gasteiger partial charge in [-0.05, 0) is 43.0 Å². The Morgan fingerprint density at radius 3 is 3.08 bits per heavy atom. The third-order valence-electron chi connectivity index (χ3n) is 6.19. The van der Waals surface area contributed by atoms with E-state index in [2.05, 4.69) is 27.7 Å². The van der Waals surface area contributed by atoms with Crippen LogP contribution >= 0.6 is 0 Å². The van der Waals surface area contributed by atoms with E-state index in [0.29, 0.717) is 5.92 Å². The van der Waals surface area contributed by atoms with Crippen molar-refractivity contribution in [1.29, 1.82) is 0 Å². The molecule has 2 aliphatic heterocycles. The SMILES string of the molecule is O=C(Nc1cccc(CN2CCOCC2)c1)[C@@]12CCCC[C@H]1CNC2. The molecule has 2 N–H and O–H groups in total. The van der Waals surface area contributed by atoms with E-state index in [1.54, 1.807) is 0 Å². The lowest BCUT2D eigenvalue weighted by molar-refractivity contribution is -0.128. The van der Waals surface area contributed by atoms with Gasteiger partial charge >= 0.3 is 0 Å². The van der Waals surface area contributed by atoms with E-state index >= 15 is 0 Å². The van der Waals surface area contributed by atoms with Crippen molar-refractivity contribution in [3.8, 4) is 0 Å². The van der Waals surface area contributed by atoms with E-state index in [1.807, 2.05) is 12.1 Å². The summed E-state index contributed by atoms with van der Waals surface area (Å²) in [6, 6.07) is 8.33. The van der Waals surface area contributed by atoms with Crippen molar-refractivity contribution >= 4 is 11.6 Å². The van der Waals surface area contributed by atoms with Crippen LogP contribution in [0.5, 0.6) is 0 Å². The molecule has 0 unspecified atom stereocenters. The van der Waals surface area contributed by atoms with Crippen molar-refractivity contribution in [2.75, 3.05) is 44.7 Å². The first kappa shape index (κ1) is 17.0. The van der Waals surface area contributed by atoms with E-state index in [0.717, 1.165) is 58.0 Å². The van der Waals surface area contributed by atoms with Gasteiger partial charge in [0.25, 0.3) is 0 Å². The summed E-state index contributed by atoms with van der Waals surface area (Å²) in [5.41, 5.74) is 1.99. The lowest BCUT2D eigenvalue weighted by atomic mass is 9.67. The molecule has 0 aromatic heterocycles. The number of rotatable bonds is 4. The highest BCUT2D eigenvalue weighted by molar-refractivity contribution is 5.96. The topological polar surface area (TPSA) is 53.6 Å². The van der Waals surface area contributed by atoms with Crippen LogP contribution < -0.4 is 10.6 Å². The number of benzene rings is 1. The highest BCUT2D eigenvalue weighted by Gasteiger charge is 2.49. The van der Waals surface area contributed by atoms with Crippen LogP contribution in [-0.2, 0) is 16.1 Å². The molecule has 2 saturated heterocycles. The van der Waals surface area contributed by atoms with Crippen molar-refractivity contribution < 1.29 is 9.53 Å². The lowest BCUT2D eigenvalue weighted by Gasteiger charge is -2.37. The number of anilines is 1.